The summed E-state index contributed by atoms with van der Waals surface area (Å²) in [5, 5.41) is 0. The molecule has 2 aromatic rings. The molecule has 0 bridgehead atoms. The van der Waals surface area contributed by atoms with E-state index in [1.807, 2.05) is 31.2 Å². The third-order valence-corrected chi connectivity index (χ3v) is 6.20. The zero-order valence-electron chi connectivity index (χ0n) is 15.6. The molecule has 0 aliphatic carbocycles. The van der Waals surface area contributed by atoms with E-state index < -0.39 is 10.0 Å². The summed E-state index contributed by atoms with van der Waals surface area (Å²) in [6.07, 6.45) is 0. The van der Waals surface area contributed by atoms with Crippen molar-refractivity contribution in [2.45, 2.75) is 17.9 Å². The minimum Gasteiger partial charge on any atom is -0.496 e. The molecule has 0 heterocycles. The summed E-state index contributed by atoms with van der Waals surface area (Å²) < 4.78 is 30.8. The van der Waals surface area contributed by atoms with Gasteiger partial charge in [-0.15, -0.1) is 0 Å². The molecule has 7 heteroatoms. The van der Waals surface area contributed by atoms with Crippen molar-refractivity contribution in [3.05, 3.63) is 59.7 Å². The fraction of sp³-hybridized carbons (Fsp3) is 0.316. The van der Waals surface area contributed by atoms with Crippen LogP contribution in [0.5, 0.6) is 5.75 Å². The van der Waals surface area contributed by atoms with Crippen molar-refractivity contribution in [1.82, 2.24) is 9.21 Å². The Bertz CT molecular complexity index is 877. The smallest absolute Gasteiger partial charge is 0.254 e. The van der Waals surface area contributed by atoms with Gasteiger partial charge in [-0.2, -0.15) is 0 Å². The van der Waals surface area contributed by atoms with Gasteiger partial charge in [-0.25, -0.2) is 12.7 Å². The number of nitrogens with zero attached hydrogens (tertiary/aromatic N) is 2. The van der Waals surface area contributed by atoms with Gasteiger partial charge in [-0.3, -0.25) is 4.79 Å². The predicted molar refractivity (Wildman–Crippen MR) is 101 cm³/mol. The largest absolute Gasteiger partial charge is 0.496 e. The summed E-state index contributed by atoms with van der Waals surface area (Å²) in [4.78, 5) is 14.5. The summed E-state index contributed by atoms with van der Waals surface area (Å²) in [5.74, 6) is 0.518. The van der Waals surface area contributed by atoms with E-state index in [2.05, 4.69) is 0 Å². The molecule has 2 rings (SSSR count). The summed E-state index contributed by atoms with van der Waals surface area (Å²) in [6.45, 7) is 1.92. The number of hydrogen-bond donors (Lipinski definition) is 0. The van der Waals surface area contributed by atoms with Crippen LogP contribution in [-0.2, 0) is 10.0 Å². The SMILES string of the molecule is COc1ccccc1C(C)N(C)C(=O)c1ccc(S(=O)(=O)N(C)C)cc1. The first-order valence-corrected chi connectivity index (χ1v) is 9.56. The van der Waals surface area contributed by atoms with Gasteiger partial charge in [0, 0.05) is 32.3 Å². The number of ether oxygens (including phenoxy) is 1. The number of benzene rings is 2. The molecule has 0 aliphatic heterocycles. The van der Waals surface area contributed by atoms with Crippen LogP contribution in [0.2, 0.25) is 0 Å². The van der Waals surface area contributed by atoms with E-state index >= 15 is 0 Å². The average molecular weight is 376 g/mol. The number of para-hydroxylation sites is 1. The molecule has 2 aromatic carbocycles. The predicted octanol–water partition coefficient (Wildman–Crippen LogP) is 2.78. The lowest BCUT2D eigenvalue weighted by molar-refractivity contribution is 0.0741. The Morgan fingerprint density at radius 3 is 2.12 bits per heavy atom. The molecular weight excluding hydrogens is 352 g/mol. The minimum absolute atomic E-state index is 0.152. The lowest BCUT2D eigenvalue weighted by Crippen LogP contribution is -2.30. The van der Waals surface area contributed by atoms with Crippen molar-refractivity contribution >= 4 is 15.9 Å². The zero-order chi connectivity index (χ0) is 19.5. The Morgan fingerprint density at radius 2 is 1.58 bits per heavy atom. The fourth-order valence-electron chi connectivity index (χ4n) is 2.58. The zero-order valence-corrected chi connectivity index (χ0v) is 16.4. The van der Waals surface area contributed by atoms with Gasteiger partial charge in [0.2, 0.25) is 10.0 Å². The van der Waals surface area contributed by atoms with E-state index in [1.165, 1.54) is 38.4 Å². The van der Waals surface area contributed by atoms with Crippen molar-refractivity contribution in [1.29, 1.82) is 0 Å². The van der Waals surface area contributed by atoms with Crippen LogP contribution >= 0.6 is 0 Å². The van der Waals surface area contributed by atoms with Gasteiger partial charge in [0.05, 0.1) is 18.0 Å². The second kappa shape index (κ2) is 7.88. The van der Waals surface area contributed by atoms with Gasteiger partial charge < -0.3 is 9.64 Å². The third kappa shape index (κ3) is 3.89. The first-order chi connectivity index (χ1) is 12.2. The molecule has 1 unspecified atom stereocenters. The molecular formula is C19H24N2O4S. The van der Waals surface area contributed by atoms with Gasteiger partial charge in [-0.05, 0) is 37.3 Å². The van der Waals surface area contributed by atoms with Crippen LogP contribution in [0, 0.1) is 0 Å². The molecule has 140 valence electrons. The van der Waals surface area contributed by atoms with Crippen molar-refractivity contribution in [2.75, 3.05) is 28.3 Å². The Morgan fingerprint density at radius 1 is 1.00 bits per heavy atom. The van der Waals surface area contributed by atoms with Crippen LogP contribution in [0.15, 0.2) is 53.4 Å². The summed E-state index contributed by atoms with van der Waals surface area (Å²) >= 11 is 0. The maximum absolute atomic E-state index is 12.8. The number of amides is 1. The first kappa shape index (κ1) is 19.9. The maximum atomic E-state index is 12.8. The number of sulfonamides is 1. The molecule has 0 aliphatic rings. The van der Waals surface area contributed by atoms with E-state index in [-0.39, 0.29) is 16.8 Å². The highest BCUT2D eigenvalue weighted by Gasteiger charge is 2.22. The molecule has 0 fully saturated rings. The number of carbonyl (C=O) groups excluding carboxylic acids is 1. The molecule has 0 radical (unpaired) electrons. The Kier molecular flexibility index (Phi) is 6.05. The van der Waals surface area contributed by atoms with Crippen molar-refractivity contribution in [3.63, 3.8) is 0 Å². The molecule has 1 amide bonds. The van der Waals surface area contributed by atoms with Crippen LogP contribution in [0.3, 0.4) is 0 Å². The highest BCUT2D eigenvalue weighted by atomic mass is 32.2. The molecule has 6 nitrogen and oxygen atoms in total. The highest BCUT2D eigenvalue weighted by Crippen LogP contribution is 2.29. The highest BCUT2D eigenvalue weighted by molar-refractivity contribution is 7.89. The average Bonchev–Trinajstić information content (AvgIpc) is 2.66. The molecule has 0 N–H and O–H groups in total. The van der Waals surface area contributed by atoms with Crippen molar-refractivity contribution < 1.29 is 17.9 Å². The van der Waals surface area contributed by atoms with E-state index in [0.29, 0.717) is 11.3 Å². The van der Waals surface area contributed by atoms with Crippen LogP contribution < -0.4 is 4.74 Å². The molecule has 0 saturated heterocycles. The van der Waals surface area contributed by atoms with Crippen LogP contribution in [0.1, 0.15) is 28.9 Å². The summed E-state index contributed by atoms with van der Waals surface area (Å²) in [6, 6.07) is 13.3. The standard InChI is InChI=1S/C19H24N2O4S/c1-14(17-8-6-7-9-18(17)25-5)21(4)19(22)15-10-12-16(13-11-15)26(23,24)20(2)3/h6-14H,1-5H3. The van der Waals surface area contributed by atoms with Gasteiger partial charge in [0.15, 0.2) is 0 Å². The monoisotopic (exact) mass is 376 g/mol. The fourth-order valence-corrected chi connectivity index (χ4v) is 3.48. The maximum Gasteiger partial charge on any atom is 0.254 e. The lowest BCUT2D eigenvalue weighted by atomic mass is 10.0. The van der Waals surface area contributed by atoms with Gasteiger partial charge >= 0.3 is 0 Å². The van der Waals surface area contributed by atoms with E-state index in [4.69, 9.17) is 4.74 Å². The first-order valence-electron chi connectivity index (χ1n) is 8.12. The van der Waals surface area contributed by atoms with Gasteiger partial charge in [0.25, 0.3) is 5.91 Å². The quantitative estimate of drug-likeness (QED) is 0.777. The van der Waals surface area contributed by atoms with Crippen LogP contribution in [0.4, 0.5) is 0 Å². The molecule has 0 saturated carbocycles. The van der Waals surface area contributed by atoms with Crippen LogP contribution in [-0.4, -0.2) is 51.8 Å². The molecule has 0 spiro atoms. The number of methoxy groups -OCH3 is 1. The normalized spacial score (nSPS) is 12.7. The molecule has 0 aromatic heterocycles. The second-order valence-corrected chi connectivity index (χ2v) is 8.30. The Hall–Kier alpha value is -2.38. The summed E-state index contributed by atoms with van der Waals surface area (Å²) in [7, 11) is 2.73. The Labute approximate surface area is 155 Å². The van der Waals surface area contributed by atoms with Gasteiger partial charge in [0.1, 0.15) is 5.75 Å². The number of carbonyl (C=O) groups is 1. The minimum atomic E-state index is -3.52. The second-order valence-electron chi connectivity index (χ2n) is 6.15. The third-order valence-electron chi connectivity index (χ3n) is 4.37. The van der Waals surface area contributed by atoms with E-state index in [9.17, 15) is 13.2 Å². The van der Waals surface area contributed by atoms with Crippen LogP contribution in [0.25, 0.3) is 0 Å². The lowest BCUT2D eigenvalue weighted by Gasteiger charge is -2.26. The summed E-state index contributed by atoms with van der Waals surface area (Å²) in [5.41, 5.74) is 1.32. The van der Waals surface area contributed by atoms with Crippen molar-refractivity contribution in [2.24, 2.45) is 0 Å². The molecule has 26 heavy (non-hydrogen) atoms. The number of hydrogen-bond acceptors (Lipinski definition) is 4. The van der Waals surface area contributed by atoms with E-state index in [1.54, 1.807) is 19.1 Å². The molecule has 1 atom stereocenters. The van der Waals surface area contributed by atoms with Crippen molar-refractivity contribution in [3.8, 4) is 5.75 Å². The number of rotatable bonds is 6. The topological polar surface area (TPSA) is 66.9 Å². The Balaban J connectivity index is 2.25. The van der Waals surface area contributed by atoms with E-state index in [0.717, 1.165) is 9.87 Å². The van der Waals surface area contributed by atoms with Gasteiger partial charge in [-0.1, -0.05) is 18.2 Å².